The van der Waals surface area contributed by atoms with Gasteiger partial charge in [-0.2, -0.15) is 0 Å². The molecule has 2 aliphatic heterocycles. The van der Waals surface area contributed by atoms with Gasteiger partial charge in [0.1, 0.15) is 5.66 Å². The number of para-hydroxylation sites is 2. The summed E-state index contributed by atoms with van der Waals surface area (Å²) in [7, 11) is 0. The van der Waals surface area contributed by atoms with Gasteiger partial charge in [-0.1, -0.05) is 18.2 Å². The summed E-state index contributed by atoms with van der Waals surface area (Å²) in [5.41, 5.74) is 3.22. The third kappa shape index (κ3) is 2.36. The molecule has 0 amide bonds. The second kappa shape index (κ2) is 6.04. The van der Waals surface area contributed by atoms with Crippen LogP contribution in [0.15, 0.2) is 53.7 Å². The SMILES string of the molecule is c1ccc(CN2CN=C3NC4(CCCC4)n4c(nc5ccccc54)N3C2)nc1. The van der Waals surface area contributed by atoms with Crippen LogP contribution in [0.5, 0.6) is 0 Å². The lowest BCUT2D eigenvalue weighted by atomic mass is 10.1. The first kappa shape index (κ1) is 16.1. The number of rotatable bonds is 2. The average Bonchev–Trinajstić information content (AvgIpc) is 3.35. The number of pyridine rings is 1. The zero-order valence-electron chi connectivity index (χ0n) is 15.8. The third-order valence-electron chi connectivity index (χ3n) is 6.12. The minimum Gasteiger partial charge on any atom is -0.333 e. The minimum atomic E-state index is -0.0933. The molecule has 1 saturated carbocycles. The highest BCUT2D eigenvalue weighted by Gasteiger charge is 2.46. The van der Waals surface area contributed by atoms with Gasteiger partial charge >= 0.3 is 0 Å². The van der Waals surface area contributed by atoms with E-state index < -0.39 is 0 Å². The predicted molar refractivity (Wildman–Crippen MR) is 109 cm³/mol. The van der Waals surface area contributed by atoms with E-state index in [-0.39, 0.29) is 5.66 Å². The number of nitrogens with zero attached hydrogens (tertiary/aromatic N) is 6. The second-order valence-corrected chi connectivity index (χ2v) is 7.94. The molecule has 28 heavy (non-hydrogen) atoms. The molecule has 4 heterocycles. The molecule has 7 nitrogen and oxygen atoms in total. The predicted octanol–water partition coefficient (Wildman–Crippen LogP) is 2.85. The van der Waals surface area contributed by atoms with Gasteiger partial charge < -0.3 is 5.32 Å². The molecular formula is C21H23N7. The monoisotopic (exact) mass is 373 g/mol. The quantitative estimate of drug-likeness (QED) is 0.748. The van der Waals surface area contributed by atoms with Crippen LogP contribution in [-0.2, 0) is 12.2 Å². The Morgan fingerprint density at radius 3 is 2.75 bits per heavy atom. The summed E-state index contributed by atoms with van der Waals surface area (Å²) in [6, 6.07) is 14.5. The number of benzene rings is 1. The van der Waals surface area contributed by atoms with Crippen molar-refractivity contribution in [3.63, 3.8) is 0 Å². The van der Waals surface area contributed by atoms with Gasteiger partial charge in [-0.05, 0) is 49.9 Å². The van der Waals surface area contributed by atoms with Crippen LogP contribution in [0.4, 0.5) is 5.95 Å². The molecule has 7 heteroatoms. The van der Waals surface area contributed by atoms with Crippen molar-refractivity contribution in [3.05, 3.63) is 54.4 Å². The van der Waals surface area contributed by atoms with Crippen LogP contribution in [0.1, 0.15) is 31.4 Å². The summed E-state index contributed by atoms with van der Waals surface area (Å²) in [6.45, 7) is 2.20. The molecule has 6 rings (SSSR count). The fourth-order valence-electron chi connectivity index (χ4n) is 4.84. The normalized spacial score (nSPS) is 20.7. The van der Waals surface area contributed by atoms with E-state index in [0.29, 0.717) is 6.67 Å². The van der Waals surface area contributed by atoms with Crippen LogP contribution >= 0.6 is 0 Å². The Morgan fingerprint density at radius 2 is 1.89 bits per heavy atom. The number of guanidine groups is 1. The van der Waals surface area contributed by atoms with E-state index in [0.717, 1.165) is 49.2 Å². The highest BCUT2D eigenvalue weighted by atomic mass is 15.6. The van der Waals surface area contributed by atoms with E-state index in [1.165, 1.54) is 18.4 Å². The van der Waals surface area contributed by atoms with Gasteiger partial charge in [-0.3, -0.25) is 19.4 Å². The number of anilines is 1. The van der Waals surface area contributed by atoms with Gasteiger partial charge in [0.2, 0.25) is 11.9 Å². The van der Waals surface area contributed by atoms with E-state index in [1.54, 1.807) is 0 Å². The van der Waals surface area contributed by atoms with Crippen molar-refractivity contribution in [2.75, 3.05) is 18.2 Å². The van der Waals surface area contributed by atoms with Crippen molar-refractivity contribution in [2.45, 2.75) is 37.9 Å². The molecule has 0 unspecified atom stereocenters. The molecule has 1 spiro atoms. The molecular weight excluding hydrogens is 350 g/mol. The topological polar surface area (TPSA) is 61.6 Å². The summed E-state index contributed by atoms with van der Waals surface area (Å²) >= 11 is 0. The van der Waals surface area contributed by atoms with Crippen LogP contribution in [0.3, 0.4) is 0 Å². The highest BCUT2D eigenvalue weighted by molar-refractivity contribution is 5.99. The lowest BCUT2D eigenvalue weighted by molar-refractivity contribution is 0.225. The Bertz CT molecular complexity index is 1050. The largest absolute Gasteiger partial charge is 0.333 e. The zero-order chi connectivity index (χ0) is 18.6. The summed E-state index contributed by atoms with van der Waals surface area (Å²) in [6.07, 6.45) is 6.55. The summed E-state index contributed by atoms with van der Waals surface area (Å²) in [5, 5.41) is 3.81. The van der Waals surface area contributed by atoms with Crippen LogP contribution in [0, 0.1) is 0 Å². The van der Waals surface area contributed by atoms with E-state index in [4.69, 9.17) is 9.98 Å². The number of imidazole rings is 1. The number of fused-ring (bicyclic) bond motifs is 6. The molecule has 142 valence electrons. The standard InChI is InChI=1S/C21H23N7/c1-2-9-18-17(8-1)24-20-27-15-26(13-16-7-3-6-12-22-16)14-23-19(27)25-21(28(18)20)10-4-5-11-21/h1-3,6-9,12H,4-5,10-11,13-15H2,(H,23,25). The fourth-order valence-corrected chi connectivity index (χ4v) is 4.84. The van der Waals surface area contributed by atoms with Crippen LogP contribution in [0.2, 0.25) is 0 Å². The van der Waals surface area contributed by atoms with Crippen LogP contribution < -0.4 is 10.2 Å². The maximum absolute atomic E-state index is 5.02. The van der Waals surface area contributed by atoms with Gasteiger partial charge in [0.25, 0.3) is 0 Å². The summed E-state index contributed by atoms with van der Waals surface area (Å²) in [5.74, 6) is 1.97. The summed E-state index contributed by atoms with van der Waals surface area (Å²) in [4.78, 5) is 18.9. The number of aromatic nitrogens is 3. The molecule has 1 aliphatic carbocycles. The van der Waals surface area contributed by atoms with E-state index in [9.17, 15) is 0 Å². The first-order chi connectivity index (χ1) is 13.8. The third-order valence-corrected chi connectivity index (χ3v) is 6.12. The number of nitrogens with one attached hydrogen (secondary N) is 1. The second-order valence-electron chi connectivity index (χ2n) is 7.94. The first-order valence-corrected chi connectivity index (χ1v) is 10.0. The van der Waals surface area contributed by atoms with Gasteiger partial charge in [0.05, 0.1) is 30.1 Å². The van der Waals surface area contributed by atoms with Crippen molar-refractivity contribution in [2.24, 2.45) is 4.99 Å². The number of aliphatic imine (C=N–C) groups is 1. The maximum atomic E-state index is 5.02. The van der Waals surface area contributed by atoms with E-state index in [2.05, 4.69) is 55.0 Å². The molecule has 3 aliphatic rings. The van der Waals surface area contributed by atoms with Gasteiger partial charge in [-0.15, -0.1) is 0 Å². The smallest absolute Gasteiger partial charge is 0.216 e. The molecule has 3 aromatic rings. The van der Waals surface area contributed by atoms with Crippen molar-refractivity contribution in [1.82, 2.24) is 24.8 Å². The maximum Gasteiger partial charge on any atom is 0.216 e. The van der Waals surface area contributed by atoms with Crippen LogP contribution in [0.25, 0.3) is 11.0 Å². The molecule has 2 aromatic heterocycles. The Morgan fingerprint density at radius 1 is 1.04 bits per heavy atom. The number of hydrogen-bond donors (Lipinski definition) is 1. The fraction of sp³-hybridized carbons (Fsp3) is 0.381. The van der Waals surface area contributed by atoms with Crippen molar-refractivity contribution < 1.29 is 0 Å². The molecule has 1 aromatic carbocycles. The van der Waals surface area contributed by atoms with E-state index >= 15 is 0 Å². The Hall–Kier alpha value is -2.93. The van der Waals surface area contributed by atoms with Crippen molar-refractivity contribution in [1.29, 1.82) is 0 Å². The molecule has 1 fully saturated rings. The average molecular weight is 373 g/mol. The molecule has 0 bridgehead atoms. The van der Waals surface area contributed by atoms with Gasteiger partial charge in [-0.25, -0.2) is 9.98 Å². The molecule has 0 radical (unpaired) electrons. The molecule has 0 saturated heterocycles. The number of hydrogen-bond acceptors (Lipinski definition) is 6. The molecule has 0 atom stereocenters. The minimum absolute atomic E-state index is 0.0933. The van der Waals surface area contributed by atoms with Crippen LogP contribution in [-0.4, -0.2) is 38.7 Å². The lowest BCUT2D eigenvalue weighted by Gasteiger charge is -2.46. The van der Waals surface area contributed by atoms with Gasteiger partial charge in [0, 0.05) is 12.7 Å². The van der Waals surface area contributed by atoms with Gasteiger partial charge in [0.15, 0.2) is 0 Å². The van der Waals surface area contributed by atoms with Crippen molar-refractivity contribution in [3.8, 4) is 0 Å². The Balaban J connectivity index is 1.42. The zero-order valence-corrected chi connectivity index (χ0v) is 15.8. The Kier molecular flexibility index (Phi) is 3.46. The first-order valence-electron chi connectivity index (χ1n) is 10.0. The molecule has 1 N–H and O–H groups in total. The Labute approximate surface area is 163 Å². The highest BCUT2D eigenvalue weighted by Crippen LogP contribution is 2.43. The van der Waals surface area contributed by atoms with E-state index in [1.807, 2.05) is 18.3 Å². The lowest BCUT2D eigenvalue weighted by Crippen LogP contribution is -2.63. The van der Waals surface area contributed by atoms with Crippen molar-refractivity contribution >= 4 is 22.9 Å². The summed E-state index contributed by atoms with van der Waals surface area (Å²) < 4.78 is 2.43.